The lowest BCUT2D eigenvalue weighted by Gasteiger charge is -2.29. The number of unbranched alkanes of at least 4 members (excludes halogenated alkanes) is 4. The predicted molar refractivity (Wildman–Crippen MR) is 510 cm³/mol. The van der Waals surface area contributed by atoms with Crippen LogP contribution in [0.2, 0.25) is 0 Å². The van der Waals surface area contributed by atoms with Gasteiger partial charge in [-0.2, -0.15) is 0 Å². The van der Waals surface area contributed by atoms with Crippen molar-refractivity contribution in [3.8, 4) is 51.7 Å². The van der Waals surface area contributed by atoms with E-state index in [4.69, 9.17) is 42.6 Å². The van der Waals surface area contributed by atoms with Crippen molar-refractivity contribution in [3.63, 3.8) is 0 Å². The molecule has 0 bridgehead atoms. The summed E-state index contributed by atoms with van der Waals surface area (Å²) in [5, 5.41) is 21.4. The maximum absolute atomic E-state index is 12.8. The fourth-order valence-electron chi connectivity index (χ4n) is 16.0. The molecule has 29 heteroatoms. The molecule has 0 atom stereocenters. The summed E-state index contributed by atoms with van der Waals surface area (Å²) in [6.45, 7) is 19.3. The predicted octanol–water partition coefficient (Wildman–Crippen LogP) is 17.2. The van der Waals surface area contributed by atoms with E-state index in [0.29, 0.717) is 71.2 Å². The van der Waals surface area contributed by atoms with Gasteiger partial charge in [-0.05, 0) is 328 Å². The van der Waals surface area contributed by atoms with Crippen molar-refractivity contribution >= 4 is 84.7 Å². The fraction of sp³-hybridized carbons (Fsp3) is 0.469. The molecule has 0 radical (unpaired) electrons. The number of rotatable bonds is 42. The van der Waals surface area contributed by atoms with Crippen LogP contribution in [0.15, 0.2) is 120 Å². The van der Waals surface area contributed by atoms with Gasteiger partial charge in [-0.3, -0.25) is 38.8 Å². The van der Waals surface area contributed by atoms with Crippen LogP contribution in [0.4, 0.5) is 17.6 Å². The molecule has 8 aromatic carbocycles. The van der Waals surface area contributed by atoms with E-state index in [1.807, 2.05) is 19.1 Å². The lowest BCUT2D eigenvalue weighted by atomic mass is 9.97. The summed E-state index contributed by atoms with van der Waals surface area (Å²) >= 11 is 7.61. The Morgan fingerprint density at radius 3 is 1.05 bits per heavy atom. The van der Waals surface area contributed by atoms with Crippen LogP contribution in [-0.2, 0) is 58.5 Å². The molecule has 4 aliphatic heterocycles. The highest BCUT2D eigenvalue weighted by Crippen LogP contribution is 2.36. The molecule has 0 aliphatic carbocycles. The first-order chi connectivity index (χ1) is 61.5. The topological polar surface area (TPSA) is 233 Å². The number of methoxy groups -OCH3 is 5. The van der Waals surface area contributed by atoms with Gasteiger partial charge < -0.3 is 69.0 Å². The number of aryl methyl sites for hydroxylation is 4. The van der Waals surface area contributed by atoms with Crippen LogP contribution in [0.5, 0.6) is 51.7 Å². The highest BCUT2D eigenvalue weighted by molar-refractivity contribution is 14.1. The highest BCUT2D eigenvalue weighted by Gasteiger charge is 2.26. The second-order valence-corrected chi connectivity index (χ2v) is 35.1. The third kappa shape index (κ3) is 31.6. The molecule has 4 heterocycles. The minimum Gasteiger partial charge on any atom is -0.496 e. The molecule has 127 heavy (non-hydrogen) atoms. The van der Waals surface area contributed by atoms with Crippen molar-refractivity contribution in [3.05, 3.63) is 221 Å². The van der Waals surface area contributed by atoms with Crippen molar-refractivity contribution in [2.45, 2.75) is 138 Å². The minimum atomic E-state index is -0.667. The SMILES string of the molecule is COc1cc2c(cc1C)CN(CCCCNC(=O)c1cc(Br)ccc1OCCF)CC2.COc1cc2c(cc1C)CN(CCCCNC(=O)c1cc(C)ccc1OCCF)CC2.COc1cc2c(cc1C)CN(CCCCNC(=O)c1cc(I)ccc1OCCF)CC2.COc1cc2c(cc1OC)CN(CCCCNC(=O)c1cc(I)cc(CO)c1OCCF)CC2. The minimum absolute atomic E-state index is 0.0470. The third-order valence-electron chi connectivity index (χ3n) is 22.6. The lowest BCUT2D eigenvalue weighted by molar-refractivity contribution is 0.0939. The molecule has 0 unspecified atom stereocenters. The summed E-state index contributed by atoms with van der Waals surface area (Å²) < 4.78 is 101. The number of carbonyl (C=O) groups is 4. The smallest absolute Gasteiger partial charge is 0.255 e. The molecular weight excluding hydrogens is 1920 g/mol. The molecule has 0 saturated carbocycles. The van der Waals surface area contributed by atoms with Crippen LogP contribution < -0.4 is 63.9 Å². The van der Waals surface area contributed by atoms with Gasteiger partial charge in [0.1, 0.15) is 93.4 Å². The summed E-state index contributed by atoms with van der Waals surface area (Å²) in [7, 11) is 8.46. The number of aliphatic hydroxyl groups is 1. The van der Waals surface area contributed by atoms with Crippen molar-refractivity contribution in [1.82, 2.24) is 40.9 Å². The molecule has 0 aromatic heterocycles. The van der Waals surface area contributed by atoms with E-state index in [9.17, 15) is 41.8 Å². The number of alkyl halides is 4. The molecule has 5 N–H and O–H groups in total. The zero-order valence-electron chi connectivity index (χ0n) is 74.8. The number of halogens is 7. The number of amides is 4. The molecule has 8 aromatic rings. The van der Waals surface area contributed by atoms with Gasteiger partial charge in [0, 0.05) is 95.7 Å². The van der Waals surface area contributed by atoms with Gasteiger partial charge in [0.15, 0.2) is 11.5 Å². The van der Waals surface area contributed by atoms with Gasteiger partial charge in [-0.1, -0.05) is 45.8 Å². The molecule has 0 saturated heterocycles. The molecule has 12 rings (SSSR count). The largest absolute Gasteiger partial charge is 0.496 e. The first kappa shape index (κ1) is 102. The van der Waals surface area contributed by atoms with Crippen molar-refractivity contribution in [2.24, 2.45) is 0 Å². The summed E-state index contributed by atoms with van der Waals surface area (Å²) in [6, 6.07) is 36.7. The van der Waals surface area contributed by atoms with E-state index in [2.05, 4.69) is 171 Å². The van der Waals surface area contributed by atoms with E-state index >= 15 is 0 Å². The quantitative estimate of drug-likeness (QED) is 0.0136. The van der Waals surface area contributed by atoms with Crippen LogP contribution in [0.1, 0.15) is 165 Å². The number of benzene rings is 8. The Labute approximate surface area is 782 Å². The summed E-state index contributed by atoms with van der Waals surface area (Å²) in [6.07, 6.45) is 11.6. The Morgan fingerprint density at radius 1 is 0.362 bits per heavy atom. The molecule has 0 fully saturated rings. The molecular formula is C98H125BrF4I2N8O14. The second-order valence-electron chi connectivity index (χ2n) is 31.7. The standard InChI is InChI=1S/C25H32FIN2O5.C25H33FN2O3.C24H30BrFN2O3.C24H30FIN2O3/c1-32-22-12-17-5-9-29(15-18(17)13-23(22)33-2)8-4-3-7-28-25(31)21-14-20(27)11-19(16-30)24(21)34-10-6-26;1-18-6-7-23(31-13-9-26)22(14-18)25(29)27-10-4-5-11-28-12-8-20-16-24(30-3)19(2)15-21(20)17-28;1-17-13-19-16-28(11-7-18(19)14-23(17)30-2)10-4-3-9-27-24(29)21-15-20(25)5-6-22(21)31-12-8-26;1-17-13-19-16-28(11-7-18(19)14-23(17)30-2)10-4-3-9-27-24(29)21-15-20(26)5-6-22(21)31-12-8-25/h11-14,30H,3-10,15-16H2,1-2H3,(H,28,31);6-7,14-16H,4-5,8-13,17H2,1-3H3,(H,27,29);2*5-6,13-15H,3-4,7-12,16H2,1-2H3,(H,27,29). The maximum atomic E-state index is 12.8. The number of aliphatic hydroxyl groups excluding tert-OH is 1. The van der Waals surface area contributed by atoms with E-state index < -0.39 is 26.7 Å². The van der Waals surface area contributed by atoms with Crippen LogP contribution >= 0.6 is 61.1 Å². The Kier molecular flexibility index (Phi) is 43.4. The van der Waals surface area contributed by atoms with E-state index in [0.717, 1.165) is 202 Å². The molecule has 4 aliphatic rings. The number of nitrogens with zero attached hydrogens (tertiary/aromatic N) is 4. The first-order valence-electron chi connectivity index (χ1n) is 43.7. The fourth-order valence-corrected chi connectivity index (χ4v) is 17.5. The number of nitrogens with one attached hydrogen (secondary N) is 4. The Hall–Kier alpha value is -8.70. The average Bonchev–Trinajstić information content (AvgIpc) is 0.788. The zero-order valence-corrected chi connectivity index (χ0v) is 80.7. The first-order valence-corrected chi connectivity index (χ1v) is 46.6. The second kappa shape index (κ2) is 54.1. The molecule has 4 amide bonds. The van der Waals surface area contributed by atoms with Crippen LogP contribution in [0, 0.1) is 34.8 Å². The molecule has 690 valence electrons. The lowest BCUT2D eigenvalue weighted by Crippen LogP contribution is -2.32. The number of hydrogen-bond donors (Lipinski definition) is 5. The van der Waals surface area contributed by atoms with Gasteiger partial charge in [0.25, 0.3) is 23.6 Å². The maximum Gasteiger partial charge on any atom is 0.255 e. The van der Waals surface area contributed by atoms with Crippen LogP contribution in [0.3, 0.4) is 0 Å². The number of fused-ring (bicyclic) bond motifs is 4. The Morgan fingerprint density at radius 2 is 0.677 bits per heavy atom. The van der Waals surface area contributed by atoms with Crippen molar-refractivity contribution in [2.75, 3.05) is 167 Å². The van der Waals surface area contributed by atoms with Crippen LogP contribution in [-0.4, -0.2) is 216 Å². The molecule has 22 nitrogen and oxygen atoms in total. The average molecular weight is 2050 g/mol. The monoisotopic (exact) mass is 2050 g/mol. The highest BCUT2D eigenvalue weighted by atomic mass is 127. The van der Waals surface area contributed by atoms with Gasteiger partial charge in [-0.15, -0.1) is 0 Å². The van der Waals surface area contributed by atoms with Gasteiger partial charge in [-0.25, -0.2) is 17.6 Å². The van der Waals surface area contributed by atoms with Gasteiger partial charge in [0.05, 0.1) is 64.4 Å². The van der Waals surface area contributed by atoms with E-state index in [1.165, 1.54) is 61.2 Å². The normalized spacial score (nSPS) is 13.5. The summed E-state index contributed by atoms with van der Waals surface area (Å²) in [5.41, 5.74) is 17.5. The molecule has 0 spiro atoms. The van der Waals surface area contributed by atoms with Gasteiger partial charge in [0.2, 0.25) is 0 Å². The van der Waals surface area contributed by atoms with Crippen molar-refractivity contribution < 1.29 is 84.5 Å². The van der Waals surface area contributed by atoms with E-state index in [1.54, 1.807) is 90.1 Å². The third-order valence-corrected chi connectivity index (χ3v) is 24.4. The Balaban J connectivity index is 0.000000191. The Bertz CT molecular complexity index is 4550. The number of hydrogen-bond acceptors (Lipinski definition) is 18. The van der Waals surface area contributed by atoms with Gasteiger partial charge >= 0.3 is 0 Å². The summed E-state index contributed by atoms with van der Waals surface area (Å²) in [5.74, 6) is 5.09. The number of carbonyl (C=O) groups excluding carboxylic acids is 4. The van der Waals surface area contributed by atoms with E-state index in [-0.39, 0.29) is 62.4 Å². The number of ether oxygens (including phenoxy) is 9. The zero-order chi connectivity index (χ0) is 91.2. The summed E-state index contributed by atoms with van der Waals surface area (Å²) in [4.78, 5) is 60.2. The van der Waals surface area contributed by atoms with Crippen molar-refractivity contribution in [1.29, 1.82) is 0 Å². The van der Waals surface area contributed by atoms with Crippen LogP contribution in [0.25, 0.3) is 0 Å².